The first kappa shape index (κ1) is 21.4. The molecule has 0 aliphatic carbocycles. The van der Waals surface area contributed by atoms with Crippen LogP contribution in [-0.4, -0.2) is 30.4 Å². The van der Waals surface area contributed by atoms with Crippen LogP contribution in [0.1, 0.15) is 23.1 Å². The molecule has 0 spiro atoms. The number of hydrogen-bond acceptors (Lipinski definition) is 3. The molecule has 1 unspecified atom stereocenters. The fourth-order valence-corrected chi connectivity index (χ4v) is 3.18. The van der Waals surface area contributed by atoms with Crippen LogP contribution in [0.15, 0.2) is 96.0 Å². The summed E-state index contributed by atoms with van der Waals surface area (Å²) in [6.07, 6.45) is -0.152. The van der Waals surface area contributed by atoms with Gasteiger partial charge in [0, 0.05) is 17.5 Å². The second kappa shape index (κ2) is 10.5. The Kier molecular flexibility index (Phi) is 7.46. The number of primary amides is 1. The minimum Gasteiger partial charge on any atom is -0.374 e. The number of benzene rings is 3. The number of carbonyl (C=O) groups excluding carboxylic acids is 1. The smallest absolute Gasteiger partial charge is 0.247 e. The summed E-state index contributed by atoms with van der Waals surface area (Å²) in [6.45, 7) is -0.563. The standard InChI is InChI=1S/C25H25FN2O2/c26-17-16-25(24(27)29,19-30-18-20-10-4-1-5-11-20)28-23(21-12-6-2-7-13-21)22-14-8-3-9-15-22/h1-15H,16-19H2,(H2,27,29). The molecule has 3 rings (SSSR count). The van der Waals surface area contributed by atoms with E-state index < -0.39 is 18.1 Å². The van der Waals surface area contributed by atoms with Crippen LogP contribution in [-0.2, 0) is 16.1 Å². The van der Waals surface area contributed by atoms with Gasteiger partial charge in [0.1, 0.15) is 0 Å². The number of carbonyl (C=O) groups is 1. The van der Waals surface area contributed by atoms with E-state index in [-0.39, 0.29) is 19.6 Å². The van der Waals surface area contributed by atoms with Crippen LogP contribution in [0.5, 0.6) is 0 Å². The zero-order valence-electron chi connectivity index (χ0n) is 16.7. The summed E-state index contributed by atoms with van der Waals surface area (Å²) in [5.74, 6) is -0.711. The highest BCUT2D eigenvalue weighted by molar-refractivity contribution is 6.14. The molecule has 3 aromatic rings. The molecule has 0 radical (unpaired) electrons. The highest BCUT2D eigenvalue weighted by Crippen LogP contribution is 2.23. The quantitative estimate of drug-likeness (QED) is 0.511. The number of halogens is 1. The Bertz CT molecular complexity index is 921. The number of ether oxygens (including phenoxy) is 1. The summed E-state index contributed by atoms with van der Waals surface area (Å²) < 4.78 is 19.3. The minimum atomic E-state index is -1.51. The summed E-state index contributed by atoms with van der Waals surface area (Å²) in [5.41, 5.74) is 7.40. The number of aliphatic imine (C=N–C) groups is 1. The van der Waals surface area contributed by atoms with Gasteiger partial charge in [0.05, 0.1) is 25.6 Å². The maximum absolute atomic E-state index is 13.5. The van der Waals surface area contributed by atoms with Crippen molar-refractivity contribution in [1.82, 2.24) is 0 Å². The van der Waals surface area contributed by atoms with Gasteiger partial charge in [-0.15, -0.1) is 0 Å². The molecule has 0 saturated heterocycles. The van der Waals surface area contributed by atoms with Crippen LogP contribution in [0.3, 0.4) is 0 Å². The Morgan fingerprint density at radius 1 is 0.867 bits per heavy atom. The summed E-state index contributed by atoms with van der Waals surface area (Å²) in [5, 5.41) is 0. The molecule has 3 aromatic carbocycles. The van der Waals surface area contributed by atoms with Crippen molar-refractivity contribution in [2.45, 2.75) is 18.6 Å². The van der Waals surface area contributed by atoms with Crippen LogP contribution in [0.25, 0.3) is 0 Å². The number of amides is 1. The number of hydrogen-bond donors (Lipinski definition) is 1. The van der Waals surface area contributed by atoms with Crippen LogP contribution in [0.4, 0.5) is 4.39 Å². The molecule has 0 aliphatic heterocycles. The van der Waals surface area contributed by atoms with E-state index in [2.05, 4.69) is 0 Å². The molecule has 154 valence electrons. The molecule has 1 amide bonds. The third-order valence-electron chi connectivity index (χ3n) is 4.84. The van der Waals surface area contributed by atoms with Crippen molar-refractivity contribution in [3.8, 4) is 0 Å². The predicted molar refractivity (Wildman–Crippen MR) is 117 cm³/mol. The van der Waals surface area contributed by atoms with Gasteiger partial charge in [-0.05, 0) is 5.56 Å². The first-order chi connectivity index (χ1) is 14.6. The van der Waals surface area contributed by atoms with E-state index in [9.17, 15) is 9.18 Å². The van der Waals surface area contributed by atoms with Gasteiger partial charge in [0.15, 0.2) is 5.54 Å². The van der Waals surface area contributed by atoms with Gasteiger partial charge in [-0.25, -0.2) is 0 Å². The SMILES string of the molecule is NC(=O)C(CCF)(COCc1ccccc1)N=C(c1ccccc1)c1ccccc1. The first-order valence-corrected chi connectivity index (χ1v) is 9.83. The van der Waals surface area contributed by atoms with Crippen molar-refractivity contribution in [1.29, 1.82) is 0 Å². The monoisotopic (exact) mass is 404 g/mol. The Labute approximate surface area is 176 Å². The number of rotatable bonds is 10. The lowest BCUT2D eigenvalue weighted by Crippen LogP contribution is -2.47. The highest BCUT2D eigenvalue weighted by Gasteiger charge is 2.37. The summed E-state index contributed by atoms with van der Waals surface area (Å²) in [6, 6.07) is 28.5. The van der Waals surface area contributed by atoms with Crippen molar-refractivity contribution in [2.24, 2.45) is 10.7 Å². The maximum Gasteiger partial charge on any atom is 0.247 e. The van der Waals surface area contributed by atoms with Gasteiger partial charge in [0.25, 0.3) is 0 Å². The van der Waals surface area contributed by atoms with E-state index in [0.29, 0.717) is 5.71 Å². The Morgan fingerprint density at radius 3 is 1.83 bits per heavy atom. The zero-order valence-corrected chi connectivity index (χ0v) is 16.7. The highest BCUT2D eigenvalue weighted by atomic mass is 19.1. The van der Waals surface area contributed by atoms with Crippen molar-refractivity contribution in [2.75, 3.05) is 13.3 Å². The average Bonchev–Trinajstić information content (AvgIpc) is 2.79. The molecule has 2 N–H and O–H groups in total. The van der Waals surface area contributed by atoms with Crippen molar-refractivity contribution in [3.05, 3.63) is 108 Å². The lowest BCUT2D eigenvalue weighted by atomic mass is 9.94. The van der Waals surface area contributed by atoms with E-state index in [0.717, 1.165) is 16.7 Å². The van der Waals surface area contributed by atoms with Crippen LogP contribution < -0.4 is 5.73 Å². The molecular weight excluding hydrogens is 379 g/mol. The molecule has 0 heterocycles. The van der Waals surface area contributed by atoms with E-state index in [1.807, 2.05) is 91.0 Å². The second-order valence-corrected chi connectivity index (χ2v) is 7.01. The molecule has 1 atom stereocenters. The van der Waals surface area contributed by atoms with Gasteiger partial charge in [-0.2, -0.15) is 0 Å². The van der Waals surface area contributed by atoms with E-state index in [1.165, 1.54) is 0 Å². The largest absolute Gasteiger partial charge is 0.374 e. The third kappa shape index (κ3) is 5.39. The lowest BCUT2D eigenvalue weighted by molar-refractivity contribution is -0.126. The molecule has 5 heteroatoms. The first-order valence-electron chi connectivity index (χ1n) is 9.83. The van der Waals surface area contributed by atoms with Gasteiger partial charge >= 0.3 is 0 Å². The molecule has 0 aromatic heterocycles. The van der Waals surface area contributed by atoms with Crippen molar-refractivity contribution < 1.29 is 13.9 Å². The Balaban J connectivity index is 1.99. The van der Waals surface area contributed by atoms with Gasteiger partial charge in [-0.1, -0.05) is 91.0 Å². The molecule has 4 nitrogen and oxygen atoms in total. The number of nitrogens with zero attached hydrogens (tertiary/aromatic N) is 1. The summed E-state index contributed by atoms with van der Waals surface area (Å²) in [4.78, 5) is 17.3. The van der Waals surface area contributed by atoms with E-state index in [1.54, 1.807) is 0 Å². The normalized spacial score (nSPS) is 12.7. The molecule has 0 bridgehead atoms. The molecule has 0 fully saturated rings. The van der Waals surface area contributed by atoms with Crippen LogP contribution in [0, 0.1) is 0 Å². The Hall–Kier alpha value is -3.31. The van der Waals surface area contributed by atoms with Crippen LogP contribution >= 0.6 is 0 Å². The third-order valence-corrected chi connectivity index (χ3v) is 4.84. The van der Waals surface area contributed by atoms with Gasteiger partial charge in [0.2, 0.25) is 5.91 Å². The van der Waals surface area contributed by atoms with Crippen LogP contribution in [0.2, 0.25) is 0 Å². The van der Waals surface area contributed by atoms with E-state index in [4.69, 9.17) is 15.5 Å². The van der Waals surface area contributed by atoms with Gasteiger partial charge < -0.3 is 10.5 Å². The molecule has 0 saturated carbocycles. The van der Waals surface area contributed by atoms with Crippen molar-refractivity contribution in [3.63, 3.8) is 0 Å². The fourth-order valence-electron chi connectivity index (χ4n) is 3.18. The predicted octanol–water partition coefficient (Wildman–Crippen LogP) is 4.32. The average molecular weight is 404 g/mol. The molecule has 0 aliphatic rings. The minimum absolute atomic E-state index is 0.107. The van der Waals surface area contributed by atoms with Gasteiger partial charge in [-0.3, -0.25) is 14.2 Å². The lowest BCUT2D eigenvalue weighted by Gasteiger charge is -2.27. The topological polar surface area (TPSA) is 64.7 Å². The number of alkyl halides is 1. The number of nitrogens with two attached hydrogens (primary N) is 1. The van der Waals surface area contributed by atoms with Crippen molar-refractivity contribution >= 4 is 11.6 Å². The van der Waals surface area contributed by atoms with E-state index >= 15 is 0 Å². The zero-order chi connectivity index (χ0) is 21.2. The second-order valence-electron chi connectivity index (χ2n) is 7.01. The summed E-state index contributed by atoms with van der Waals surface area (Å²) in [7, 11) is 0. The maximum atomic E-state index is 13.5. The fraction of sp³-hybridized carbons (Fsp3) is 0.200. The molecular formula is C25H25FN2O2. The summed E-state index contributed by atoms with van der Waals surface area (Å²) >= 11 is 0. The molecule has 30 heavy (non-hydrogen) atoms. The Morgan fingerprint density at radius 2 is 1.37 bits per heavy atom.